The summed E-state index contributed by atoms with van der Waals surface area (Å²) in [5.41, 5.74) is 8.28. The van der Waals surface area contributed by atoms with Crippen LogP contribution in [0, 0.1) is 0 Å². The van der Waals surface area contributed by atoms with Crippen LogP contribution < -0.4 is 11.1 Å². The zero-order chi connectivity index (χ0) is 22.4. The number of carboxylic acid groups (broad SMARTS) is 1. The van der Waals surface area contributed by atoms with E-state index < -0.39 is 35.4 Å². The van der Waals surface area contributed by atoms with E-state index in [-0.39, 0.29) is 12.0 Å². The predicted molar refractivity (Wildman–Crippen MR) is 118 cm³/mol. The Morgan fingerprint density at radius 1 is 1.16 bits per heavy atom. The fourth-order valence-electron chi connectivity index (χ4n) is 3.63. The monoisotopic (exact) mass is 440 g/mol. The number of amides is 1. The van der Waals surface area contributed by atoms with E-state index in [0.717, 1.165) is 22.9 Å². The number of likely N-dealkylation sites (N-methyl/N-ethyl adjacent to an activating group) is 1. The molecule has 162 valence electrons. The minimum absolute atomic E-state index is 0.0484. The molecule has 1 aliphatic rings. The van der Waals surface area contributed by atoms with Gasteiger partial charge in [0.2, 0.25) is 5.91 Å². The van der Waals surface area contributed by atoms with Crippen LogP contribution in [0.25, 0.3) is 0 Å². The Balaban J connectivity index is 2.08. The standard InChI is InChI=1S/C23H24N2O5S/c1-25-22(29)19-17(12-13-26)31-23(21(19)24,14-18(27)28)30-20(15-8-4-2-5-9-15)16-10-6-3-7-11-16/h2-11,13,20-21H,12,14,24H2,1H3,(H,25,29)(H,27,28). The molecule has 0 aromatic heterocycles. The quantitative estimate of drug-likeness (QED) is 0.513. The summed E-state index contributed by atoms with van der Waals surface area (Å²) in [7, 11) is 1.46. The van der Waals surface area contributed by atoms with Gasteiger partial charge in [0.05, 0.1) is 12.5 Å². The molecule has 0 spiro atoms. The van der Waals surface area contributed by atoms with Gasteiger partial charge in [-0.15, -0.1) is 0 Å². The van der Waals surface area contributed by atoms with Gasteiger partial charge in [-0.3, -0.25) is 9.59 Å². The number of thioether (sulfide) groups is 1. The van der Waals surface area contributed by atoms with E-state index in [0.29, 0.717) is 11.2 Å². The fraction of sp³-hybridized carbons (Fsp3) is 0.261. The summed E-state index contributed by atoms with van der Waals surface area (Å²) < 4.78 is 6.52. The molecule has 8 heteroatoms. The zero-order valence-electron chi connectivity index (χ0n) is 17.0. The number of hydrogen-bond donors (Lipinski definition) is 3. The van der Waals surface area contributed by atoms with Gasteiger partial charge in [-0.1, -0.05) is 72.4 Å². The first-order valence-corrected chi connectivity index (χ1v) is 10.6. The molecule has 2 aromatic rings. The van der Waals surface area contributed by atoms with Crippen molar-refractivity contribution in [3.8, 4) is 0 Å². The van der Waals surface area contributed by atoms with Gasteiger partial charge in [0, 0.05) is 23.9 Å². The summed E-state index contributed by atoms with van der Waals surface area (Å²) in [6, 6.07) is 17.7. The fourth-order valence-corrected chi connectivity index (χ4v) is 5.11. The molecule has 31 heavy (non-hydrogen) atoms. The number of allylic oxidation sites excluding steroid dienone is 1. The van der Waals surface area contributed by atoms with Crippen molar-refractivity contribution in [1.29, 1.82) is 0 Å². The van der Waals surface area contributed by atoms with Gasteiger partial charge in [-0.2, -0.15) is 0 Å². The number of nitrogens with two attached hydrogens (primary N) is 1. The van der Waals surface area contributed by atoms with Gasteiger partial charge in [-0.25, -0.2) is 0 Å². The van der Waals surface area contributed by atoms with E-state index in [1.807, 2.05) is 60.7 Å². The first-order chi connectivity index (χ1) is 14.9. The predicted octanol–water partition coefficient (Wildman–Crippen LogP) is 2.63. The third-order valence-electron chi connectivity index (χ3n) is 5.04. The second-order valence-electron chi connectivity index (χ2n) is 7.07. The van der Waals surface area contributed by atoms with Gasteiger partial charge in [0.25, 0.3) is 0 Å². The Hall–Kier alpha value is -2.94. The zero-order valence-corrected chi connectivity index (χ0v) is 17.8. The first kappa shape index (κ1) is 22.7. The second-order valence-corrected chi connectivity index (χ2v) is 8.46. The number of nitrogens with one attached hydrogen (secondary N) is 1. The normalized spacial score (nSPS) is 20.7. The number of aldehydes is 1. The Kier molecular flexibility index (Phi) is 7.27. The number of hydrogen-bond acceptors (Lipinski definition) is 6. The van der Waals surface area contributed by atoms with Crippen LogP contribution in [0.4, 0.5) is 0 Å². The number of carbonyl (C=O) groups is 3. The highest BCUT2D eigenvalue weighted by atomic mass is 32.2. The lowest BCUT2D eigenvalue weighted by molar-refractivity contribution is -0.143. The van der Waals surface area contributed by atoms with Crippen LogP contribution in [0.3, 0.4) is 0 Å². The van der Waals surface area contributed by atoms with Crippen molar-refractivity contribution in [2.24, 2.45) is 5.73 Å². The van der Waals surface area contributed by atoms with Crippen LogP contribution in [-0.2, 0) is 19.1 Å². The van der Waals surface area contributed by atoms with Gasteiger partial charge < -0.3 is 25.7 Å². The maximum Gasteiger partial charge on any atom is 0.307 e. The molecule has 1 aliphatic heterocycles. The molecule has 2 unspecified atom stereocenters. The van der Waals surface area contributed by atoms with Crippen LogP contribution in [0.1, 0.15) is 30.1 Å². The topological polar surface area (TPSA) is 119 Å². The van der Waals surface area contributed by atoms with Crippen LogP contribution in [0.2, 0.25) is 0 Å². The van der Waals surface area contributed by atoms with Crippen molar-refractivity contribution < 1.29 is 24.2 Å². The molecule has 0 fully saturated rings. The molecule has 7 nitrogen and oxygen atoms in total. The maximum absolute atomic E-state index is 12.5. The Labute approximate surface area is 184 Å². The lowest BCUT2D eigenvalue weighted by Crippen LogP contribution is -2.50. The van der Waals surface area contributed by atoms with Crippen molar-refractivity contribution in [1.82, 2.24) is 5.32 Å². The molecule has 0 radical (unpaired) electrons. The molecule has 0 bridgehead atoms. The van der Waals surface area contributed by atoms with Crippen LogP contribution in [0.15, 0.2) is 71.1 Å². The molecular formula is C23H24N2O5S. The summed E-state index contributed by atoms with van der Waals surface area (Å²) in [5.74, 6) is -1.57. The van der Waals surface area contributed by atoms with Crippen molar-refractivity contribution >= 4 is 29.9 Å². The van der Waals surface area contributed by atoms with Crippen molar-refractivity contribution in [3.63, 3.8) is 0 Å². The van der Waals surface area contributed by atoms with Crippen molar-refractivity contribution in [2.45, 2.75) is 29.9 Å². The van der Waals surface area contributed by atoms with E-state index in [4.69, 9.17) is 10.5 Å². The molecule has 0 aliphatic carbocycles. The minimum Gasteiger partial charge on any atom is -0.481 e. The van der Waals surface area contributed by atoms with Gasteiger partial charge in [0.1, 0.15) is 17.3 Å². The summed E-state index contributed by atoms with van der Waals surface area (Å²) in [6.45, 7) is 0. The second kappa shape index (κ2) is 9.91. The molecule has 0 saturated heterocycles. The molecule has 2 atom stereocenters. The maximum atomic E-state index is 12.5. The summed E-state index contributed by atoms with van der Waals surface area (Å²) in [5, 5.41) is 12.2. The van der Waals surface area contributed by atoms with E-state index in [9.17, 15) is 19.5 Å². The van der Waals surface area contributed by atoms with Gasteiger partial charge in [-0.05, 0) is 11.1 Å². The van der Waals surface area contributed by atoms with E-state index >= 15 is 0 Å². The van der Waals surface area contributed by atoms with E-state index in [2.05, 4.69) is 5.32 Å². The summed E-state index contributed by atoms with van der Waals surface area (Å²) in [4.78, 5) is 34.6. The molecule has 2 aromatic carbocycles. The number of ether oxygens (including phenoxy) is 1. The molecular weight excluding hydrogens is 416 g/mol. The van der Waals surface area contributed by atoms with Crippen LogP contribution in [0.5, 0.6) is 0 Å². The van der Waals surface area contributed by atoms with Gasteiger partial charge >= 0.3 is 5.97 Å². The Morgan fingerprint density at radius 3 is 2.16 bits per heavy atom. The number of carboxylic acids is 1. The lowest BCUT2D eigenvalue weighted by atomic mass is 9.96. The number of rotatable bonds is 9. The summed E-state index contributed by atoms with van der Waals surface area (Å²) >= 11 is 1.05. The van der Waals surface area contributed by atoms with E-state index in [1.165, 1.54) is 7.05 Å². The molecule has 0 saturated carbocycles. The lowest BCUT2D eigenvalue weighted by Gasteiger charge is -2.36. The average Bonchev–Trinajstić information content (AvgIpc) is 3.03. The van der Waals surface area contributed by atoms with Crippen molar-refractivity contribution in [2.75, 3.05) is 7.05 Å². The molecule has 1 heterocycles. The van der Waals surface area contributed by atoms with Gasteiger partial charge in [0.15, 0.2) is 0 Å². The Morgan fingerprint density at radius 2 is 1.71 bits per heavy atom. The molecule has 4 N–H and O–H groups in total. The average molecular weight is 441 g/mol. The summed E-state index contributed by atoms with van der Waals surface area (Å²) in [6.07, 6.45) is -0.451. The van der Waals surface area contributed by atoms with Crippen molar-refractivity contribution in [3.05, 3.63) is 82.3 Å². The smallest absolute Gasteiger partial charge is 0.307 e. The largest absolute Gasteiger partial charge is 0.481 e. The Bertz CT molecular complexity index is 940. The SMILES string of the molecule is CNC(=O)C1=C(CC=O)SC(CC(=O)O)(OC(c2ccccc2)c2ccccc2)C1N. The third kappa shape index (κ3) is 4.87. The number of benzene rings is 2. The van der Waals surface area contributed by atoms with E-state index in [1.54, 1.807) is 0 Å². The highest BCUT2D eigenvalue weighted by molar-refractivity contribution is 8.04. The first-order valence-electron chi connectivity index (χ1n) is 9.74. The van der Waals surface area contributed by atoms with Crippen LogP contribution >= 0.6 is 11.8 Å². The highest BCUT2D eigenvalue weighted by Gasteiger charge is 2.52. The third-order valence-corrected chi connectivity index (χ3v) is 6.51. The minimum atomic E-state index is -1.47. The number of carbonyl (C=O) groups excluding carboxylic acids is 2. The van der Waals surface area contributed by atoms with Crippen LogP contribution in [-0.4, -0.2) is 41.3 Å². The highest BCUT2D eigenvalue weighted by Crippen LogP contribution is 2.52. The number of aliphatic carboxylic acids is 1. The molecule has 3 rings (SSSR count). The molecule has 1 amide bonds.